The fourth-order valence-corrected chi connectivity index (χ4v) is 5.99. The number of aromatic nitrogens is 3. The maximum absolute atomic E-state index is 6.23. The molecule has 0 amide bonds. The van der Waals surface area contributed by atoms with Crippen molar-refractivity contribution in [2.24, 2.45) is 23.5 Å². The van der Waals surface area contributed by atoms with Gasteiger partial charge in [0.15, 0.2) is 5.82 Å². The van der Waals surface area contributed by atoms with Crippen LogP contribution >= 0.6 is 0 Å². The predicted octanol–water partition coefficient (Wildman–Crippen LogP) is 2.54. The van der Waals surface area contributed by atoms with Crippen LogP contribution in [-0.4, -0.2) is 14.8 Å². The molecule has 4 heteroatoms. The van der Waals surface area contributed by atoms with E-state index in [9.17, 15) is 0 Å². The Bertz CT molecular complexity index is 511. The fourth-order valence-electron chi connectivity index (χ4n) is 5.99. The van der Waals surface area contributed by atoms with E-state index in [1.165, 1.54) is 38.5 Å². The molecule has 1 aliphatic heterocycles. The van der Waals surface area contributed by atoms with Crippen molar-refractivity contribution in [2.75, 3.05) is 0 Å². The number of hydrogen-bond acceptors (Lipinski definition) is 3. The van der Waals surface area contributed by atoms with Gasteiger partial charge in [-0.15, -0.1) is 0 Å². The Balaban J connectivity index is 1.56. The molecule has 4 fully saturated rings. The minimum Gasteiger partial charge on any atom is -0.321 e. The van der Waals surface area contributed by atoms with Gasteiger partial charge in [0.25, 0.3) is 0 Å². The zero-order valence-electron chi connectivity index (χ0n) is 12.1. The topological polar surface area (TPSA) is 56.7 Å². The highest BCUT2D eigenvalue weighted by molar-refractivity contribution is 5.18. The van der Waals surface area contributed by atoms with Gasteiger partial charge in [-0.05, 0) is 69.1 Å². The van der Waals surface area contributed by atoms with E-state index in [-0.39, 0.29) is 6.04 Å². The standard InChI is InChI=1S/C16H24N4/c17-13-2-1-3-20-14(13)18-15(19-20)16-7-10-4-11(8-16)6-12(5-10)9-16/h10-13H,1-9,17H2. The second-order valence-electron chi connectivity index (χ2n) is 7.96. The first-order valence-electron chi connectivity index (χ1n) is 8.43. The molecule has 4 nitrogen and oxygen atoms in total. The Morgan fingerprint density at radius 3 is 2.30 bits per heavy atom. The predicted molar refractivity (Wildman–Crippen MR) is 76.0 cm³/mol. The Kier molecular flexibility index (Phi) is 2.25. The van der Waals surface area contributed by atoms with Gasteiger partial charge in [0.2, 0.25) is 0 Å². The lowest BCUT2D eigenvalue weighted by Crippen LogP contribution is -2.49. The molecular weight excluding hydrogens is 248 g/mol. The van der Waals surface area contributed by atoms with Gasteiger partial charge >= 0.3 is 0 Å². The molecule has 0 spiro atoms. The van der Waals surface area contributed by atoms with Crippen LogP contribution in [0.1, 0.15) is 69.1 Å². The molecule has 6 rings (SSSR count). The molecule has 108 valence electrons. The van der Waals surface area contributed by atoms with Gasteiger partial charge in [-0.1, -0.05) is 0 Å². The van der Waals surface area contributed by atoms with Crippen LogP contribution in [-0.2, 0) is 12.0 Å². The van der Waals surface area contributed by atoms with Crippen molar-refractivity contribution in [2.45, 2.75) is 69.4 Å². The van der Waals surface area contributed by atoms with Crippen LogP contribution in [0.15, 0.2) is 0 Å². The summed E-state index contributed by atoms with van der Waals surface area (Å²) in [6.07, 6.45) is 10.7. The molecule has 2 heterocycles. The molecule has 0 radical (unpaired) electrons. The summed E-state index contributed by atoms with van der Waals surface area (Å²) in [4.78, 5) is 4.95. The van der Waals surface area contributed by atoms with E-state index < -0.39 is 0 Å². The lowest BCUT2D eigenvalue weighted by atomic mass is 9.49. The maximum Gasteiger partial charge on any atom is 0.157 e. The summed E-state index contributed by atoms with van der Waals surface area (Å²) >= 11 is 0. The molecule has 0 aromatic carbocycles. The summed E-state index contributed by atoms with van der Waals surface area (Å²) in [6.45, 7) is 1.02. The monoisotopic (exact) mass is 272 g/mol. The molecule has 5 aliphatic rings. The van der Waals surface area contributed by atoms with Crippen LogP contribution in [0, 0.1) is 17.8 Å². The number of rotatable bonds is 1. The quantitative estimate of drug-likeness (QED) is 0.854. The van der Waals surface area contributed by atoms with Gasteiger partial charge in [0, 0.05) is 12.0 Å². The van der Waals surface area contributed by atoms with E-state index in [0.29, 0.717) is 5.41 Å². The van der Waals surface area contributed by atoms with Crippen LogP contribution in [0.25, 0.3) is 0 Å². The van der Waals surface area contributed by atoms with Crippen molar-refractivity contribution >= 4 is 0 Å². The fraction of sp³-hybridized carbons (Fsp3) is 0.875. The number of nitrogens with two attached hydrogens (primary N) is 1. The molecule has 4 aliphatic carbocycles. The lowest BCUT2D eigenvalue weighted by Gasteiger charge is -2.55. The molecular formula is C16H24N4. The molecule has 1 aromatic heterocycles. The van der Waals surface area contributed by atoms with Crippen LogP contribution < -0.4 is 5.73 Å². The van der Waals surface area contributed by atoms with Crippen LogP contribution in [0.5, 0.6) is 0 Å². The largest absolute Gasteiger partial charge is 0.321 e. The third-order valence-electron chi connectivity index (χ3n) is 6.43. The zero-order valence-corrected chi connectivity index (χ0v) is 12.1. The minimum absolute atomic E-state index is 0.110. The highest BCUT2D eigenvalue weighted by Gasteiger charge is 2.53. The average Bonchev–Trinajstić information content (AvgIpc) is 2.83. The summed E-state index contributed by atoms with van der Waals surface area (Å²) in [6, 6.07) is 0.110. The number of aryl methyl sites for hydroxylation is 1. The van der Waals surface area contributed by atoms with E-state index in [1.807, 2.05) is 0 Å². The summed E-state index contributed by atoms with van der Waals surface area (Å²) in [5.41, 5.74) is 6.55. The van der Waals surface area contributed by atoms with Crippen LogP contribution in [0.2, 0.25) is 0 Å². The summed E-state index contributed by atoms with van der Waals surface area (Å²) in [7, 11) is 0. The molecule has 1 unspecified atom stereocenters. The van der Waals surface area contributed by atoms with E-state index in [0.717, 1.165) is 48.8 Å². The Hall–Kier alpha value is -0.900. The first kappa shape index (κ1) is 11.7. The first-order chi connectivity index (χ1) is 9.72. The van der Waals surface area contributed by atoms with E-state index >= 15 is 0 Å². The average molecular weight is 272 g/mol. The Morgan fingerprint density at radius 2 is 1.70 bits per heavy atom. The van der Waals surface area contributed by atoms with Gasteiger partial charge in [0.05, 0.1) is 6.04 Å². The van der Waals surface area contributed by atoms with Crippen molar-refractivity contribution in [3.8, 4) is 0 Å². The van der Waals surface area contributed by atoms with Crippen molar-refractivity contribution in [3.63, 3.8) is 0 Å². The number of fused-ring (bicyclic) bond motifs is 1. The van der Waals surface area contributed by atoms with Gasteiger partial charge < -0.3 is 5.73 Å². The van der Waals surface area contributed by atoms with Gasteiger partial charge in [-0.25, -0.2) is 9.67 Å². The Morgan fingerprint density at radius 1 is 1.05 bits per heavy atom. The SMILES string of the molecule is NC1CCCn2nc(C34CC5CC(CC(C5)C3)C4)nc21. The van der Waals surface area contributed by atoms with Crippen molar-refractivity contribution in [1.29, 1.82) is 0 Å². The second kappa shape index (κ2) is 3.85. The van der Waals surface area contributed by atoms with Crippen LogP contribution in [0.4, 0.5) is 0 Å². The summed E-state index contributed by atoms with van der Waals surface area (Å²) in [5, 5.41) is 4.92. The van der Waals surface area contributed by atoms with Crippen molar-refractivity contribution < 1.29 is 0 Å². The highest BCUT2D eigenvalue weighted by atomic mass is 15.4. The van der Waals surface area contributed by atoms with Crippen molar-refractivity contribution in [3.05, 3.63) is 11.6 Å². The smallest absolute Gasteiger partial charge is 0.157 e. The summed E-state index contributed by atoms with van der Waals surface area (Å²) < 4.78 is 2.11. The molecule has 0 saturated heterocycles. The van der Waals surface area contributed by atoms with Crippen molar-refractivity contribution in [1.82, 2.24) is 14.8 Å². The van der Waals surface area contributed by atoms with Crippen LogP contribution in [0.3, 0.4) is 0 Å². The van der Waals surface area contributed by atoms with E-state index in [1.54, 1.807) is 0 Å². The van der Waals surface area contributed by atoms with E-state index in [4.69, 9.17) is 15.8 Å². The Labute approximate surface area is 120 Å². The van der Waals surface area contributed by atoms with Gasteiger partial charge in [-0.3, -0.25) is 0 Å². The first-order valence-corrected chi connectivity index (χ1v) is 8.43. The molecule has 4 bridgehead atoms. The normalized spacial score (nSPS) is 45.6. The molecule has 4 saturated carbocycles. The lowest BCUT2D eigenvalue weighted by molar-refractivity contribution is -0.00945. The number of nitrogens with zero attached hydrogens (tertiary/aromatic N) is 3. The van der Waals surface area contributed by atoms with E-state index in [2.05, 4.69) is 4.68 Å². The van der Waals surface area contributed by atoms with Gasteiger partial charge in [-0.2, -0.15) is 5.10 Å². The highest BCUT2D eigenvalue weighted by Crippen LogP contribution is 2.60. The minimum atomic E-state index is 0.110. The maximum atomic E-state index is 6.23. The zero-order chi connectivity index (χ0) is 13.3. The van der Waals surface area contributed by atoms with Gasteiger partial charge in [0.1, 0.15) is 5.82 Å². The molecule has 1 atom stereocenters. The molecule has 2 N–H and O–H groups in total. The third-order valence-corrected chi connectivity index (χ3v) is 6.43. The second-order valence-corrected chi connectivity index (χ2v) is 7.96. The molecule has 1 aromatic rings. The number of hydrogen-bond donors (Lipinski definition) is 1. The third kappa shape index (κ3) is 1.51. The summed E-state index contributed by atoms with van der Waals surface area (Å²) in [5.74, 6) is 5.08. The molecule has 20 heavy (non-hydrogen) atoms.